The molecule has 0 amide bonds. The number of aliphatic carboxylic acids is 2. The Morgan fingerprint density at radius 2 is 1.79 bits per heavy atom. The minimum atomic E-state index is -1.82. The molecule has 0 saturated heterocycles. The standard InChI is InChI=1S/C17H14BrCl2N3.C2H2O4/c1-23-16(12-3-2-4-13(18)8-12)10-22-17(23)21-9-11-5-6-14(19)15(20)7-11;3-1(4)2(5)6/h2-8,10H,9H2,1H3,(H,21,22);(H,3,4)(H,5,6). The zero-order valence-corrected chi connectivity index (χ0v) is 18.2. The highest BCUT2D eigenvalue weighted by atomic mass is 79.9. The van der Waals surface area contributed by atoms with E-state index in [2.05, 4.69) is 38.4 Å². The van der Waals surface area contributed by atoms with E-state index < -0.39 is 11.9 Å². The fourth-order valence-electron chi connectivity index (χ4n) is 2.32. The first-order valence-electron chi connectivity index (χ1n) is 8.10. The van der Waals surface area contributed by atoms with Crippen LogP contribution in [-0.4, -0.2) is 31.7 Å². The molecule has 7 nitrogen and oxygen atoms in total. The molecule has 0 radical (unpaired) electrons. The molecule has 152 valence electrons. The largest absolute Gasteiger partial charge is 0.473 e. The number of nitrogens with one attached hydrogen (secondary N) is 1. The molecule has 10 heteroatoms. The normalized spacial score (nSPS) is 10.1. The molecule has 0 atom stereocenters. The van der Waals surface area contributed by atoms with E-state index in [1.165, 1.54) is 0 Å². The lowest BCUT2D eigenvalue weighted by Gasteiger charge is -2.09. The zero-order chi connectivity index (χ0) is 21.6. The molecule has 0 aliphatic heterocycles. The van der Waals surface area contributed by atoms with Crippen LogP contribution in [-0.2, 0) is 23.2 Å². The van der Waals surface area contributed by atoms with Crippen LogP contribution in [0.3, 0.4) is 0 Å². The van der Waals surface area contributed by atoms with Gasteiger partial charge < -0.3 is 20.1 Å². The van der Waals surface area contributed by atoms with Crippen LogP contribution in [0.2, 0.25) is 10.0 Å². The number of hydrogen-bond acceptors (Lipinski definition) is 4. The molecule has 2 aromatic carbocycles. The van der Waals surface area contributed by atoms with Gasteiger partial charge in [0.25, 0.3) is 0 Å². The highest BCUT2D eigenvalue weighted by Gasteiger charge is 2.09. The van der Waals surface area contributed by atoms with Crippen LogP contribution < -0.4 is 5.32 Å². The summed E-state index contributed by atoms with van der Waals surface area (Å²) in [5, 5.41) is 19.2. The zero-order valence-electron chi connectivity index (χ0n) is 15.1. The molecule has 1 aromatic heterocycles. The van der Waals surface area contributed by atoms with Gasteiger partial charge in [-0.2, -0.15) is 0 Å². The number of nitrogens with zero attached hydrogens (tertiary/aromatic N) is 2. The summed E-state index contributed by atoms with van der Waals surface area (Å²) in [6, 6.07) is 13.7. The van der Waals surface area contributed by atoms with Crippen molar-refractivity contribution in [2.24, 2.45) is 7.05 Å². The summed E-state index contributed by atoms with van der Waals surface area (Å²) in [7, 11) is 1.99. The maximum atomic E-state index is 9.10. The summed E-state index contributed by atoms with van der Waals surface area (Å²) in [6.45, 7) is 0.625. The van der Waals surface area contributed by atoms with Crippen LogP contribution in [0.15, 0.2) is 53.1 Å². The Kier molecular flexibility index (Phi) is 8.07. The number of benzene rings is 2. The van der Waals surface area contributed by atoms with Crippen LogP contribution in [0.5, 0.6) is 0 Å². The third kappa shape index (κ3) is 6.49. The van der Waals surface area contributed by atoms with E-state index in [4.69, 9.17) is 43.0 Å². The molecule has 29 heavy (non-hydrogen) atoms. The second kappa shape index (κ2) is 10.3. The van der Waals surface area contributed by atoms with Gasteiger partial charge in [-0.3, -0.25) is 0 Å². The third-order valence-corrected chi connectivity index (χ3v) is 4.96. The number of hydrogen-bond donors (Lipinski definition) is 3. The smallest absolute Gasteiger partial charge is 0.414 e. The van der Waals surface area contributed by atoms with Gasteiger partial charge in [0.2, 0.25) is 5.95 Å². The molecule has 3 N–H and O–H groups in total. The van der Waals surface area contributed by atoms with Crippen LogP contribution in [0.1, 0.15) is 5.56 Å². The Hall–Kier alpha value is -2.55. The lowest BCUT2D eigenvalue weighted by molar-refractivity contribution is -0.159. The van der Waals surface area contributed by atoms with Crippen molar-refractivity contribution in [1.29, 1.82) is 0 Å². The Balaban J connectivity index is 0.000000438. The molecule has 0 saturated carbocycles. The summed E-state index contributed by atoms with van der Waals surface area (Å²) < 4.78 is 3.07. The molecule has 0 bridgehead atoms. The van der Waals surface area contributed by atoms with Crippen molar-refractivity contribution in [1.82, 2.24) is 9.55 Å². The van der Waals surface area contributed by atoms with Crippen molar-refractivity contribution >= 4 is 57.0 Å². The molecule has 0 unspecified atom stereocenters. The summed E-state index contributed by atoms with van der Waals surface area (Å²) in [6.07, 6.45) is 1.86. The molecule has 3 aromatic rings. The predicted octanol–water partition coefficient (Wildman–Crippen LogP) is 4.92. The quantitative estimate of drug-likeness (QED) is 0.439. The minimum Gasteiger partial charge on any atom is -0.473 e. The number of halogens is 3. The summed E-state index contributed by atoms with van der Waals surface area (Å²) in [4.78, 5) is 22.7. The fourth-order valence-corrected chi connectivity index (χ4v) is 3.04. The van der Waals surface area contributed by atoms with Crippen molar-refractivity contribution in [3.8, 4) is 11.3 Å². The maximum absolute atomic E-state index is 9.10. The van der Waals surface area contributed by atoms with Crippen molar-refractivity contribution < 1.29 is 19.8 Å². The van der Waals surface area contributed by atoms with Crippen molar-refractivity contribution in [2.75, 3.05) is 5.32 Å². The number of carboxylic acid groups (broad SMARTS) is 2. The van der Waals surface area contributed by atoms with Crippen molar-refractivity contribution in [2.45, 2.75) is 6.54 Å². The Labute approximate surface area is 185 Å². The number of anilines is 1. The molecular formula is C19H16BrCl2N3O4. The highest BCUT2D eigenvalue weighted by molar-refractivity contribution is 9.10. The van der Waals surface area contributed by atoms with E-state index in [1.54, 1.807) is 6.07 Å². The van der Waals surface area contributed by atoms with Gasteiger partial charge in [-0.05, 0) is 29.8 Å². The third-order valence-electron chi connectivity index (χ3n) is 3.73. The van der Waals surface area contributed by atoms with Gasteiger partial charge >= 0.3 is 11.9 Å². The van der Waals surface area contributed by atoms with Gasteiger partial charge in [0, 0.05) is 23.6 Å². The van der Waals surface area contributed by atoms with Gasteiger partial charge in [0.15, 0.2) is 0 Å². The van der Waals surface area contributed by atoms with E-state index in [0.29, 0.717) is 16.6 Å². The van der Waals surface area contributed by atoms with Gasteiger partial charge in [0.05, 0.1) is 21.9 Å². The van der Waals surface area contributed by atoms with Crippen molar-refractivity contribution in [3.63, 3.8) is 0 Å². The van der Waals surface area contributed by atoms with Gasteiger partial charge in [-0.25, -0.2) is 14.6 Å². The molecule has 0 spiro atoms. The molecule has 3 rings (SSSR count). The van der Waals surface area contributed by atoms with Gasteiger partial charge in [0.1, 0.15) is 0 Å². The number of imidazole rings is 1. The molecule has 1 heterocycles. The second-order valence-electron chi connectivity index (χ2n) is 5.75. The van der Waals surface area contributed by atoms with Crippen LogP contribution in [0, 0.1) is 0 Å². The van der Waals surface area contributed by atoms with Crippen LogP contribution >= 0.6 is 39.1 Å². The number of carbonyl (C=O) groups is 2. The molecule has 0 fully saturated rings. The van der Waals surface area contributed by atoms with E-state index in [-0.39, 0.29) is 0 Å². The SMILES string of the molecule is Cn1c(-c2cccc(Br)c2)cnc1NCc1ccc(Cl)c(Cl)c1.O=C(O)C(=O)O. The summed E-state index contributed by atoms with van der Waals surface area (Å²) in [5.74, 6) is -2.85. The Morgan fingerprint density at radius 1 is 1.10 bits per heavy atom. The monoisotopic (exact) mass is 499 g/mol. The molecule has 0 aliphatic rings. The molecular weight excluding hydrogens is 485 g/mol. The first-order valence-corrected chi connectivity index (χ1v) is 9.65. The highest BCUT2D eigenvalue weighted by Crippen LogP contribution is 2.26. The molecule has 0 aliphatic carbocycles. The lowest BCUT2D eigenvalue weighted by Crippen LogP contribution is -2.09. The van der Waals surface area contributed by atoms with E-state index in [0.717, 1.165) is 27.2 Å². The van der Waals surface area contributed by atoms with E-state index in [1.807, 2.05) is 42.1 Å². The maximum Gasteiger partial charge on any atom is 0.414 e. The van der Waals surface area contributed by atoms with Crippen molar-refractivity contribution in [3.05, 3.63) is 68.7 Å². The second-order valence-corrected chi connectivity index (χ2v) is 7.48. The Bertz CT molecular complexity index is 1030. The number of aromatic nitrogens is 2. The van der Waals surface area contributed by atoms with Crippen LogP contribution in [0.4, 0.5) is 5.95 Å². The minimum absolute atomic E-state index is 0.556. The lowest BCUT2D eigenvalue weighted by atomic mass is 10.2. The fraction of sp³-hybridized carbons (Fsp3) is 0.105. The summed E-state index contributed by atoms with van der Waals surface area (Å²) >= 11 is 15.5. The predicted molar refractivity (Wildman–Crippen MR) is 115 cm³/mol. The van der Waals surface area contributed by atoms with Crippen LogP contribution in [0.25, 0.3) is 11.3 Å². The number of rotatable bonds is 4. The first kappa shape index (κ1) is 22.7. The average molecular weight is 501 g/mol. The van der Waals surface area contributed by atoms with E-state index >= 15 is 0 Å². The average Bonchev–Trinajstić information content (AvgIpc) is 3.03. The number of carboxylic acids is 2. The summed E-state index contributed by atoms with van der Waals surface area (Å²) in [5.41, 5.74) is 3.20. The van der Waals surface area contributed by atoms with Gasteiger partial charge in [-0.15, -0.1) is 0 Å². The first-order chi connectivity index (χ1) is 13.7. The topological polar surface area (TPSA) is 104 Å². The van der Waals surface area contributed by atoms with E-state index in [9.17, 15) is 0 Å². The van der Waals surface area contributed by atoms with Gasteiger partial charge in [-0.1, -0.05) is 57.3 Å². The Morgan fingerprint density at radius 3 is 2.38 bits per heavy atom.